The Kier molecular flexibility index (Phi) is 4.94. The minimum atomic E-state index is -0.702. The van der Waals surface area contributed by atoms with Crippen molar-refractivity contribution in [1.82, 2.24) is 9.55 Å². The summed E-state index contributed by atoms with van der Waals surface area (Å²) in [6.07, 6.45) is 1.13. The van der Waals surface area contributed by atoms with E-state index in [2.05, 4.69) is 10.3 Å². The van der Waals surface area contributed by atoms with Gasteiger partial charge in [-0.25, -0.2) is 9.36 Å². The highest BCUT2D eigenvalue weighted by atomic mass is 16.5. The molecule has 0 saturated carbocycles. The first kappa shape index (κ1) is 18.2. The molecule has 0 unspecified atom stereocenters. The number of nitrogens with zero attached hydrogens (tertiary/aromatic N) is 1. The average Bonchev–Trinajstić information content (AvgIpc) is 2.65. The first-order chi connectivity index (χ1) is 12.9. The number of benzene rings is 2. The van der Waals surface area contributed by atoms with Crippen LogP contribution in [0.2, 0.25) is 0 Å². The van der Waals surface area contributed by atoms with Crippen molar-refractivity contribution in [2.24, 2.45) is 0 Å². The summed E-state index contributed by atoms with van der Waals surface area (Å²) in [5, 5.41) is 2.73. The number of aryl methyl sites for hydroxylation is 2. The zero-order valence-corrected chi connectivity index (χ0v) is 15.2. The van der Waals surface area contributed by atoms with Crippen molar-refractivity contribution in [2.45, 2.75) is 13.8 Å². The van der Waals surface area contributed by atoms with E-state index in [1.807, 2.05) is 32.0 Å². The third-order valence-electron chi connectivity index (χ3n) is 4.19. The van der Waals surface area contributed by atoms with E-state index in [0.29, 0.717) is 17.1 Å². The number of aromatic amines is 1. The Morgan fingerprint density at radius 2 is 1.78 bits per heavy atom. The van der Waals surface area contributed by atoms with Crippen molar-refractivity contribution in [1.29, 1.82) is 0 Å². The first-order valence-corrected chi connectivity index (χ1v) is 8.28. The van der Waals surface area contributed by atoms with Crippen molar-refractivity contribution in [2.75, 3.05) is 12.4 Å². The fourth-order valence-corrected chi connectivity index (χ4v) is 2.66. The molecule has 0 bridgehead atoms. The predicted molar refractivity (Wildman–Crippen MR) is 103 cm³/mol. The van der Waals surface area contributed by atoms with Crippen LogP contribution in [0.3, 0.4) is 0 Å². The average molecular weight is 365 g/mol. The molecule has 0 aliphatic heterocycles. The van der Waals surface area contributed by atoms with E-state index in [1.165, 1.54) is 7.11 Å². The van der Waals surface area contributed by atoms with Gasteiger partial charge in [0.15, 0.2) is 0 Å². The zero-order valence-electron chi connectivity index (χ0n) is 15.2. The van der Waals surface area contributed by atoms with Gasteiger partial charge >= 0.3 is 5.69 Å². The Bertz CT molecular complexity index is 1110. The number of ether oxygens (including phenoxy) is 1. The molecule has 0 atom stereocenters. The Labute approximate surface area is 155 Å². The van der Waals surface area contributed by atoms with E-state index in [-0.39, 0.29) is 5.56 Å². The second-order valence-electron chi connectivity index (χ2n) is 6.12. The number of hydrogen-bond acceptors (Lipinski definition) is 4. The van der Waals surface area contributed by atoms with Gasteiger partial charge in [-0.15, -0.1) is 0 Å². The van der Waals surface area contributed by atoms with Crippen LogP contribution in [0.4, 0.5) is 5.69 Å². The van der Waals surface area contributed by atoms with E-state index in [4.69, 9.17) is 4.74 Å². The van der Waals surface area contributed by atoms with Gasteiger partial charge in [0.05, 0.1) is 12.8 Å². The summed E-state index contributed by atoms with van der Waals surface area (Å²) in [7, 11) is 1.52. The predicted octanol–water partition coefficient (Wildman–Crippen LogP) is 2.40. The number of methoxy groups -OCH3 is 1. The summed E-state index contributed by atoms with van der Waals surface area (Å²) in [5.41, 5.74) is 1.30. The SMILES string of the molecule is COc1ccc(-n2c(=O)[nH]cc(C(=O)Nc3cc(C)ccc3C)c2=O)cc1. The van der Waals surface area contributed by atoms with Gasteiger partial charge < -0.3 is 15.0 Å². The van der Waals surface area contributed by atoms with Crippen LogP contribution in [-0.2, 0) is 0 Å². The Morgan fingerprint density at radius 3 is 2.44 bits per heavy atom. The molecule has 3 rings (SSSR count). The van der Waals surface area contributed by atoms with Gasteiger partial charge in [-0.1, -0.05) is 12.1 Å². The highest BCUT2D eigenvalue weighted by Gasteiger charge is 2.16. The molecule has 0 fully saturated rings. The zero-order chi connectivity index (χ0) is 19.6. The van der Waals surface area contributed by atoms with E-state index >= 15 is 0 Å². The van der Waals surface area contributed by atoms with Crippen LogP contribution in [0.25, 0.3) is 5.69 Å². The number of carbonyl (C=O) groups is 1. The Morgan fingerprint density at radius 1 is 1.07 bits per heavy atom. The summed E-state index contributed by atoms with van der Waals surface area (Å²) in [4.78, 5) is 40.0. The van der Waals surface area contributed by atoms with Crippen LogP contribution in [0.15, 0.2) is 58.3 Å². The highest BCUT2D eigenvalue weighted by molar-refractivity contribution is 6.04. The van der Waals surface area contributed by atoms with Gasteiger partial charge in [0.2, 0.25) is 0 Å². The summed E-state index contributed by atoms with van der Waals surface area (Å²) in [5.74, 6) is -0.000686. The maximum Gasteiger partial charge on any atom is 0.333 e. The van der Waals surface area contributed by atoms with Crippen molar-refractivity contribution < 1.29 is 9.53 Å². The van der Waals surface area contributed by atoms with Gasteiger partial charge in [-0.2, -0.15) is 0 Å². The monoisotopic (exact) mass is 365 g/mol. The van der Waals surface area contributed by atoms with Gasteiger partial charge in [0.25, 0.3) is 11.5 Å². The van der Waals surface area contributed by atoms with Crippen LogP contribution in [0, 0.1) is 13.8 Å². The third kappa shape index (κ3) is 3.67. The quantitative estimate of drug-likeness (QED) is 0.742. The minimum Gasteiger partial charge on any atom is -0.497 e. The third-order valence-corrected chi connectivity index (χ3v) is 4.19. The molecular weight excluding hydrogens is 346 g/mol. The molecule has 138 valence electrons. The van der Waals surface area contributed by atoms with Crippen LogP contribution >= 0.6 is 0 Å². The lowest BCUT2D eigenvalue weighted by molar-refractivity contribution is 0.102. The molecular formula is C20H19N3O4. The number of hydrogen-bond donors (Lipinski definition) is 2. The van der Waals surface area contributed by atoms with Crippen LogP contribution < -0.4 is 21.3 Å². The number of rotatable bonds is 4. The van der Waals surface area contributed by atoms with Crippen molar-refractivity contribution in [3.63, 3.8) is 0 Å². The molecule has 27 heavy (non-hydrogen) atoms. The highest BCUT2D eigenvalue weighted by Crippen LogP contribution is 2.17. The number of amides is 1. The second kappa shape index (κ2) is 7.33. The maximum absolute atomic E-state index is 12.8. The van der Waals surface area contributed by atoms with E-state index < -0.39 is 17.2 Å². The van der Waals surface area contributed by atoms with E-state index in [1.54, 1.807) is 24.3 Å². The molecule has 3 aromatic rings. The van der Waals surface area contributed by atoms with Crippen LogP contribution in [0.5, 0.6) is 5.75 Å². The molecule has 1 aromatic heterocycles. The summed E-state index contributed by atoms with van der Waals surface area (Å²) >= 11 is 0. The van der Waals surface area contributed by atoms with Gasteiger partial charge in [-0.05, 0) is 55.3 Å². The first-order valence-electron chi connectivity index (χ1n) is 8.28. The second-order valence-corrected chi connectivity index (χ2v) is 6.12. The molecule has 0 radical (unpaired) electrons. The molecule has 2 N–H and O–H groups in total. The summed E-state index contributed by atoms with van der Waals surface area (Å²) in [6.45, 7) is 3.77. The molecule has 0 saturated heterocycles. The topological polar surface area (TPSA) is 93.2 Å². The van der Waals surface area contributed by atoms with Gasteiger partial charge in [0.1, 0.15) is 11.3 Å². The van der Waals surface area contributed by atoms with Crippen LogP contribution in [-0.4, -0.2) is 22.6 Å². The summed E-state index contributed by atoms with van der Waals surface area (Å²) in [6, 6.07) is 12.0. The fourth-order valence-electron chi connectivity index (χ4n) is 2.66. The molecule has 7 nitrogen and oxygen atoms in total. The normalized spacial score (nSPS) is 10.5. The number of carbonyl (C=O) groups excluding carboxylic acids is 1. The molecule has 1 heterocycles. The Balaban J connectivity index is 2.02. The fraction of sp³-hybridized carbons (Fsp3) is 0.150. The lowest BCUT2D eigenvalue weighted by atomic mass is 10.1. The lowest BCUT2D eigenvalue weighted by Gasteiger charge is -2.11. The van der Waals surface area contributed by atoms with Gasteiger partial charge in [0, 0.05) is 11.9 Å². The van der Waals surface area contributed by atoms with Gasteiger partial charge in [-0.3, -0.25) is 9.59 Å². The molecule has 0 aliphatic rings. The van der Waals surface area contributed by atoms with Crippen molar-refractivity contribution in [3.05, 3.63) is 86.2 Å². The number of H-pyrrole nitrogens is 1. The smallest absolute Gasteiger partial charge is 0.333 e. The maximum atomic E-state index is 12.8. The lowest BCUT2D eigenvalue weighted by Crippen LogP contribution is -2.38. The molecule has 2 aromatic carbocycles. The molecule has 7 heteroatoms. The van der Waals surface area contributed by atoms with E-state index in [9.17, 15) is 14.4 Å². The Hall–Kier alpha value is -3.61. The number of anilines is 1. The largest absolute Gasteiger partial charge is 0.497 e. The minimum absolute atomic E-state index is 0.161. The summed E-state index contributed by atoms with van der Waals surface area (Å²) < 4.78 is 5.99. The molecule has 0 aliphatic carbocycles. The van der Waals surface area contributed by atoms with Crippen molar-refractivity contribution in [3.8, 4) is 11.4 Å². The van der Waals surface area contributed by atoms with Crippen molar-refractivity contribution >= 4 is 11.6 Å². The van der Waals surface area contributed by atoms with E-state index in [0.717, 1.165) is 21.9 Å². The molecule has 0 spiro atoms. The number of aromatic nitrogens is 2. The molecule has 1 amide bonds. The standard InChI is InChI=1S/C20H19N3O4/c1-12-4-5-13(2)17(10-12)22-18(24)16-11-21-20(26)23(19(16)25)14-6-8-15(27-3)9-7-14/h4-11H,1-3H3,(H,21,26)(H,22,24). The number of nitrogens with one attached hydrogen (secondary N) is 2. The van der Waals surface area contributed by atoms with Crippen LogP contribution in [0.1, 0.15) is 21.5 Å².